The second-order valence-corrected chi connectivity index (χ2v) is 17.4. The molecule has 31 heavy (non-hydrogen) atoms. The first kappa shape index (κ1) is 31.2. The first-order valence-corrected chi connectivity index (χ1v) is 18.3. The molecular weight excluding hydrogens is 418 g/mol. The molecular formula is C24H57N3O2Si2. The van der Waals surface area contributed by atoms with E-state index in [2.05, 4.69) is 83.2 Å². The van der Waals surface area contributed by atoms with Crippen molar-refractivity contribution < 1.29 is 8.85 Å². The predicted molar refractivity (Wildman–Crippen MR) is 143 cm³/mol. The van der Waals surface area contributed by atoms with Gasteiger partial charge in [0.1, 0.15) is 8.24 Å². The Morgan fingerprint density at radius 3 is 1.45 bits per heavy atom. The fraction of sp³-hybridized carbons (Fsp3) is 1.00. The van der Waals surface area contributed by atoms with Crippen molar-refractivity contribution in [3.63, 3.8) is 0 Å². The molecule has 1 atom stereocenters. The third kappa shape index (κ3) is 10.4. The zero-order chi connectivity index (χ0) is 23.9. The van der Waals surface area contributed by atoms with Crippen LogP contribution in [0.3, 0.4) is 0 Å². The van der Waals surface area contributed by atoms with E-state index >= 15 is 0 Å². The summed E-state index contributed by atoms with van der Waals surface area (Å²) in [4.78, 5) is 5.19. The summed E-state index contributed by atoms with van der Waals surface area (Å²) in [6, 6.07) is 5.57. The highest BCUT2D eigenvalue weighted by Gasteiger charge is 2.41. The standard InChI is InChI=1S/C24H57N3O2Si2/c1-11-25(12-2)19-20-26(13-3)21-22-27(31(16-6,17-7)18-8)24(9)23-30(10,28-14-4)29-15-5/h24H,11-23H2,1-10H3. The topological polar surface area (TPSA) is 28.2 Å². The molecule has 0 rings (SSSR count). The average molecular weight is 476 g/mol. The summed E-state index contributed by atoms with van der Waals surface area (Å²) in [5.41, 5.74) is 0. The molecule has 0 aromatic rings. The van der Waals surface area contributed by atoms with Crippen molar-refractivity contribution in [2.24, 2.45) is 0 Å². The van der Waals surface area contributed by atoms with E-state index in [1.165, 1.54) is 44.3 Å². The Kier molecular flexibility index (Phi) is 16.9. The molecule has 1 unspecified atom stereocenters. The normalized spacial score (nSPS) is 14.2. The zero-order valence-electron chi connectivity index (χ0n) is 22.9. The van der Waals surface area contributed by atoms with E-state index in [4.69, 9.17) is 8.85 Å². The van der Waals surface area contributed by atoms with Crippen molar-refractivity contribution in [2.75, 3.05) is 59.0 Å². The van der Waals surface area contributed by atoms with E-state index in [1.807, 2.05) is 0 Å². The van der Waals surface area contributed by atoms with E-state index in [1.54, 1.807) is 0 Å². The minimum atomic E-state index is -2.14. The minimum Gasteiger partial charge on any atom is -0.395 e. The lowest BCUT2D eigenvalue weighted by molar-refractivity contribution is 0.173. The van der Waals surface area contributed by atoms with Crippen molar-refractivity contribution in [1.29, 1.82) is 0 Å². The molecule has 0 aliphatic rings. The summed E-state index contributed by atoms with van der Waals surface area (Å²) in [6.07, 6.45) is 0. The molecule has 188 valence electrons. The van der Waals surface area contributed by atoms with Crippen molar-refractivity contribution in [3.05, 3.63) is 0 Å². The highest BCUT2D eigenvalue weighted by Crippen LogP contribution is 2.30. The molecule has 0 aliphatic carbocycles. The van der Waals surface area contributed by atoms with Gasteiger partial charge in [-0.05, 0) is 58.2 Å². The second kappa shape index (κ2) is 16.8. The van der Waals surface area contributed by atoms with Crippen molar-refractivity contribution in [2.45, 2.75) is 99.1 Å². The molecule has 0 fully saturated rings. The molecule has 0 amide bonds. The van der Waals surface area contributed by atoms with Gasteiger partial charge >= 0.3 is 8.56 Å². The molecule has 0 saturated carbocycles. The quantitative estimate of drug-likeness (QED) is 0.217. The maximum Gasteiger partial charge on any atom is 0.336 e. The van der Waals surface area contributed by atoms with Gasteiger partial charge in [-0.25, -0.2) is 0 Å². The molecule has 0 saturated heterocycles. The molecule has 0 aromatic heterocycles. The Bertz CT molecular complexity index is 421. The van der Waals surface area contributed by atoms with Gasteiger partial charge in [-0.15, -0.1) is 0 Å². The second-order valence-electron chi connectivity index (χ2n) is 8.99. The number of likely N-dealkylation sites (N-methyl/N-ethyl adjacent to an activating group) is 2. The third-order valence-corrected chi connectivity index (χ3v) is 16.4. The Balaban J connectivity index is 5.46. The third-order valence-electron chi connectivity index (χ3n) is 7.41. The average Bonchev–Trinajstić information content (AvgIpc) is 2.76. The van der Waals surface area contributed by atoms with Crippen LogP contribution in [-0.2, 0) is 8.85 Å². The van der Waals surface area contributed by atoms with Crippen LogP contribution in [-0.4, -0.2) is 96.2 Å². The largest absolute Gasteiger partial charge is 0.395 e. The van der Waals surface area contributed by atoms with E-state index in [-0.39, 0.29) is 0 Å². The molecule has 0 spiro atoms. The number of hydrogen-bond acceptors (Lipinski definition) is 5. The first-order valence-electron chi connectivity index (χ1n) is 13.2. The van der Waals surface area contributed by atoms with Gasteiger partial charge < -0.3 is 23.2 Å². The molecule has 0 heterocycles. The lowest BCUT2D eigenvalue weighted by Crippen LogP contribution is -2.60. The van der Waals surface area contributed by atoms with Crippen LogP contribution in [0.25, 0.3) is 0 Å². The van der Waals surface area contributed by atoms with Gasteiger partial charge in [0.2, 0.25) is 0 Å². The first-order chi connectivity index (χ1) is 14.7. The van der Waals surface area contributed by atoms with Crippen LogP contribution in [0, 0.1) is 0 Å². The Hall–Kier alpha value is 0.234. The Labute approximate surface area is 198 Å². The van der Waals surface area contributed by atoms with Crippen LogP contribution in [0.4, 0.5) is 0 Å². The Morgan fingerprint density at radius 2 is 1.06 bits per heavy atom. The van der Waals surface area contributed by atoms with E-state index < -0.39 is 16.8 Å². The summed E-state index contributed by atoms with van der Waals surface area (Å²) < 4.78 is 15.4. The molecule has 0 radical (unpaired) electrons. The van der Waals surface area contributed by atoms with Crippen LogP contribution in [0.2, 0.25) is 30.7 Å². The summed E-state index contributed by atoms with van der Waals surface area (Å²) in [5.74, 6) is 0. The van der Waals surface area contributed by atoms with E-state index in [0.717, 1.165) is 38.9 Å². The summed E-state index contributed by atoms with van der Waals surface area (Å²) in [7, 11) is -3.62. The predicted octanol–water partition coefficient (Wildman–Crippen LogP) is 5.49. The van der Waals surface area contributed by atoms with Crippen molar-refractivity contribution >= 4 is 16.8 Å². The van der Waals surface area contributed by atoms with Crippen LogP contribution in [0.15, 0.2) is 0 Å². The Morgan fingerprint density at radius 1 is 0.645 bits per heavy atom. The number of nitrogens with zero attached hydrogens (tertiary/aromatic N) is 3. The molecule has 0 aromatic carbocycles. The van der Waals surface area contributed by atoms with Crippen LogP contribution in [0.5, 0.6) is 0 Å². The van der Waals surface area contributed by atoms with Gasteiger partial charge in [-0.3, -0.25) is 0 Å². The monoisotopic (exact) mass is 475 g/mol. The molecule has 7 heteroatoms. The van der Waals surface area contributed by atoms with Crippen LogP contribution < -0.4 is 0 Å². The lowest BCUT2D eigenvalue weighted by Gasteiger charge is -2.47. The molecule has 5 nitrogen and oxygen atoms in total. The smallest absolute Gasteiger partial charge is 0.336 e. The van der Waals surface area contributed by atoms with Crippen LogP contribution in [0.1, 0.15) is 62.3 Å². The summed E-state index contributed by atoms with van der Waals surface area (Å²) >= 11 is 0. The van der Waals surface area contributed by atoms with Crippen molar-refractivity contribution in [3.8, 4) is 0 Å². The van der Waals surface area contributed by atoms with Gasteiger partial charge in [0.05, 0.1) is 0 Å². The number of hydrogen-bond donors (Lipinski definition) is 0. The zero-order valence-corrected chi connectivity index (χ0v) is 24.9. The van der Waals surface area contributed by atoms with Gasteiger partial charge in [-0.2, -0.15) is 0 Å². The van der Waals surface area contributed by atoms with Crippen molar-refractivity contribution in [1.82, 2.24) is 14.4 Å². The molecule has 0 aliphatic heterocycles. The molecule has 0 N–H and O–H groups in total. The SMILES string of the molecule is CCO[Si](C)(CC(C)N(CCN(CC)CCN(CC)CC)[Si](CC)(CC)CC)OCC. The fourth-order valence-corrected chi connectivity index (χ4v) is 12.5. The van der Waals surface area contributed by atoms with Crippen LogP contribution >= 0.6 is 0 Å². The highest BCUT2D eigenvalue weighted by atomic mass is 28.4. The van der Waals surface area contributed by atoms with E-state index in [0.29, 0.717) is 6.04 Å². The lowest BCUT2D eigenvalue weighted by atomic mass is 10.3. The van der Waals surface area contributed by atoms with Gasteiger partial charge in [-0.1, -0.05) is 48.5 Å². The maximum absolute atomic E-state index is 6.23. The van der Waals surface area contributed by atoms with E-state index in [9.17, 15) is 0 Å². The highest BCUT2D eigenvalue weighted by molar-refractivity contribution is 6.77. The van der Waals surface area contributed by atoms with Gasteiger partial charge in [0, 0.05) is 51.5 Å². The van der Waals surface area contributed by atoms with Gasteiger partial charge in [0.15, 0.2) is 0 Å². The minimum absolute atomic E-state index is 0.516. The fourth-order valence-electron chi connectivity index (χ4n) is 5.20. The number of rotatable bonds is 20. The van der Waals surface area contributed by atoms with Gasteiger partial charge in [0.25, 0.3) is 0 Å². The maximum atomic E-state index is 6.23. The summed E-state index contributed by atoms with van der Waals surface area (Å²) in [5, 5.41) is 0. The summed E-state index contributed by atoms with van der Waals surface area (Å²) in [6.45, 7) is 32.7. The molecule has 0 bridgehead atoms.